The maximum Gasteiger partial charge on any atom is 0.457 e. The Labute approximate surface area is 153 Å². The lowest BCUT2D eigenvalue weighted by Crippen LogP contribution is -2.51. The van der Waals surface area contributed by atoms with Gasteiger partial charge in [0.2, 0.25) is 5.91 Å². The molecule has 0 radical (unpaired) electrons. The lowest BCUT2D eigenvalue weighted by molar-refractivity contribution is -0.134. The van der Waals surface area contributed by atoms with Gasteiger partial charge in [0.1, 0.15) is 0 Å². The summed E-state index contributed by atoms with van der Waals surface area (Å²) in [6, 6.07) is 0. The fourth-order valence-electron chi connectivity index (χ4n) is 3.46. The van der Waals surface area contributed by atoms with Crippen LogP contribution in [0.5, 0.6) is 0 Å². The Hall–Kier alpha value is -0.585. The molecule has 2 aliphatic rings. The summed E-state index contributed by atoms with van der Waals surface area (Å²) < 4.78 is 18.0. The lowest BCUT2D eigenvalue weighted by Gasteiger charge is -2.32. The molecule has 144 valence electrons. The van der Waals surface area contributed by atoms with E-state index >= 15 is 0 Å². The molecule has 2 fully saturated rings. The maximum atomic E-state index is 12.7. The molecule has 6 heteroatoms. The van der Waals surface area contributed by atoms with Crippen LogP contribution in [-0.4, -0.2) is 42.5 Å². The summed E-state index contributed by atoms with van der Waals surface area (Å²) in [7, 11) is -0.180. The van der Waals surface area contributed by atoms with Crippen molar-refractivity contribution in [3.63, 3.8) is 0 Å². The third-order valence-corrected chi connectivity index (χ3v) is 5.87. The SMILES string of the molecule is CC(C)(C)NC(=O)[C@]1(C)CCO[C@H]1CCCB1OC(C)(C)C(C)(C)O1. The van der Waals surface area contributed by atoms with E-state index in [9.17, 15) is 4.79 Å². The Morgan fingerprint density at radius 1 is 1.12 bits per heavy atom. The fourth-order valence-corrected chi connectivity index (χ4v) is 3.46. The average molecular weight is 353 g/mol. The molecule has 0 saturated carbocycles. The first-order valence-corrected chi connectivity index (χ1v) is 9.57. The molecular weight excluding hydrogens is 317 g/mol. The highest BCUT2D eigenvalue weighted by Crippen LogP contribution is 2.40. The van der Waals surface area contributed by atoms with Crippen LogP contribution in [0.15, 0.2) is 0 Å². The van der Waals surface area contributed by atoms with Crippen LogP contribution >= 0.6 is 0 Å². The van der Waals surface area contributed by atoms with E-state index in [4.69, 9.17) is 14.0 Å². The van der Waals surface area contributed by atoms with Crippen LogP contribution in [0.3, 0.4) is 0 Å². The number of hydrogen-bond donors (Lipinski definition) is 1. The standard InChI is InChI=1S/C19H36BNO4/c1-16(2,3)21-15(22)19(8)11-13-23-14(19)10-9-12-20-24-17(4,5)18(6,7)25-20/h14H,9-13H2,1-8H3,(H,21,22)/t14-,19+/m0/s1. The number of nitrogens with one attached hydrogen (secondary N) is 1. The van der Waals surface area contributed by atoms with E-state index in [2.05, 4.69) is 33.0 Å². The summed E-state index contributed by atoms with van der Waals surface area (Å²) >= 11 is 0. The topological polar surface area (TPSA) is 56.8 Å². The fraction of sp³-hybridized carbons (Fsp3) is 0.947. The quantitative estimate of drug-likeness (QED) is 0.768. The number of ether oxygens (including phenoxy) is 1. The Balaban J connectivity index is 1.87. The summed E-state index contributed by atoms with van der Waals surface area (Å²) in [5.41, 5.74) is -1.26. The third kappa shape index (κ3) is 4.58. The minimum absolute atomic E-state index is 0.0442. The van der Waals surface area contributed by atoms with Crippen molar-refractivity contribution in [3.8, 4) is 0 Å². The molecule has 25 heavy (non-hydrogen) atoms. The molecule has 0 unspecified atom stereocenters. The predicted octanol–water partition coefficient (Wildman–Crippen LogP) is 3.57. The molecular formula is C19H36BNO4. The van der Waals surface area contributed by atoms with E-state index in [0.29, 0.717) is 6.61 Å². The zero-order chi connectivity index (χ0) is 19.1. The van der Waals surface area contributed by atoms with Crippen LogP contribution in [-0.2, 0) is 18.8 Å². The van der Waals surface area contributed by atoms with Gasteiger partial charge in [0, 0.05) is 12.1 Å². The van der Waals surface area contributed by atoms with E-state index in [-0.39, 0.29) is 35.9 Å². The van der Waals surface area contributed by atoms with Crippen LogP contribution < -0.4 is 5.32 Å². The zero-order valence-corrected chi connectivity index (χ0v) is 17.3. The van der Waals surface area contributed by atoms with Crippen molar-refractivity contribution in [1.29, 1.82) is 0 Å². The van der Waals surface area contributed by atoms with Gasteiger partial charge in [0.25, 0.3) is 0 Å². The third-order valence-electron chi connectivity index (χ3n) is 5.87. The molecule has 2 rings (SSSR count). The highest BCUT2D eigenvalue weighted by molar-refractivity contribution is 6.45. The van der Waals surface area contributed by atoms with Crippen molar-refractivity contribution in [3.05, 3.63) is 0 Å². The Morgan fingerprint density at radius 2 is 1.68 bits per heavy atom. The molecule has 0 aromatic rings. The van der Waals surface area contributed by atoms with Crippen LogP contribution in [0.2, 0.25) is 6.32 Å². The Morgan fingerprint density at radius 3 is 2.20 bits per heavy atom. The van der Waals surface area contributed by atoms with E-state index in [1.807, 2.05) is 27.7 Å². The normalized spacial score (nSPS) is 31.4. The number of hydrogen-bond acceptors (Lipinski definition) is 4. The van der Waals surface area contributed by atoms with Gasteiger partial charge in [-0.25, -0.2) is 0 Å². The number of rotatable bonds is 5. The lowest BCUT2D eigenvalue weighted by atomic mass is 9.76. The van der Waals surface area contributed by atoms with Gasteiger partial charge in [-0.1, -0.05) is 6.42 Å². The van der Waals surface area contributed by atoms with E-state index in [1.54, 1.807) is 0 Å². The molecule has 0 aromatic heterocycles. The smallest absolute Gasteiger partial charge is 0.403 e. The second kappa shape index (κ2) is 6.86. The van der Waals surface area contributed by atoms with Crippen molar-refractivity contribution < 1.29 is 18.8 Å². The summed E-state index contributed by atoms with van der Waals surface area (Å²) in [5.74, 6) is 0.0955. The maximum absolute atomic E-state index is 12.7. The van der Waals surface area contributed by atoms with Crippen LogP contribution in [0, 0.1) is 5.41 Å². The molecule has 5 nitrogen and oxygen atoms in total. The monoisotopic (exact) mass is 353 g/mol. The highest BCUT2D eigenvalue weighted by atomic mass is 16.7. The van der Waals surface area contributed by atoms with Gasteiger partial charge < -0.3 is 19.4 Å². The molecule has 0 spiro atoms. The van der Waals surface area contributed by atoms with Gasteiger partial charge >= 0.3 is 7.12 Å². The molecule has 1 N–H and O–H groups in total. The van der Waals surface area contributed by atoms with Gasteiger partial charge in [-0.15, -0.1) is 0 Å². The molecule has 0 bridgehead atoms. The predicted molar refractivity (Wildman–Crippen MR) is 100 cm³/mol. The number of amides is 1. The van der Waals surface area contributed by atoms with Crippen molar-refractivity contribution in [2.75, 3.05) is 6.61 Å². The molecule has 2 saturated heterocycles. The van der Waals surface area contributed by atoms with Gasteiger partial charge in [0.15, 0.2) is 0 Å². The van der Waals surface area contributed by atoms with E-state index in [1.165, 1.54) is 0 Å². The van der Waals surface area contributed by atoms with Crippen molar-refractivity contribution in [1.82, 2.24) is 5.32 Å². The Bertz CT molecular complexity index is 484. The molecule has 0 aliphatic carbocycles. The number of carbonyl (C=O) groups excluding carboxylic acids is 1. The first-order valence-electron chi connectivity index (χ1n) is 9.57. The second-order valence-electron chi connectivity index (χ2n) is 9.85. The van der Waals surface area contributed by atoms with Gasteiger partial charge in [-0.05, 0) is 74.6 Å². The molecule has 1 amide bonds. The summed E-state index contributed by atoms with van der Waals surface area (Å²) in [6.45, 7) is 17.0. The molecule has 2 heterocycles. The molecule has 0 aromatic carbocycles. The van der Waals surface area contributed by atoms with Gasteiger partial charge in [0.05, 0.1) is 22.7 Å². The first-order chi connectivity index (χ1) is 11.3. The van der Waals surface area contributed by atoms with Crippen molar-refractivity contribution in [2.24, 2.45) is 5.41 Å². The zero-order valence-electron chi connectivity index (χ0n) is 17.3. The molecule has 2 atom stereocenters. The van der Waals surface area contributed by atoms with E-state index < -0.39 is 5.41 Å². The summed E-state index contributed by atoms with van der Waals surface area (Å²) in [6.07, 6.45) is 3.31. The van der Waals surface area contributed by atoms with Crippen molar-refractivity contribution in [2.45, 2.75) is 104 Å². The van der Waals surface area contributed by atoms with Crippen LogP contribution in [0.1, 0.15) is 74.7 Å². The van der Waals surface area contributed by atoms with E-state index in [0.717, 1.165) is 25.6 Å². The highest BCUT2D eigenvalue weighted by Gasteiger charge is 2.51. The average Bonchev–Trinajstić information content (AvgIpc) is 2.87. The first kappa shape index (κ1) is 20.7. The number of carbonyl (C=O) groups is 1. The summed E-state index contributed by atoms with van der Waals surface area (Å²) in [5, 5.41) is 3.12. The minimum Gasteiger partial charge on any atom is -0.403 e. The van der Waals surface area contributed by atoms with Crippen LogP contribution in [0.25, 0.3) is 0 Å². The Kier molecular flexibility index (Phi) is 5.69. The van der Waals surface area contributed by atoms with Crippen molar-refractivity contribution >= 4 is 13.0 Å². The second-order valence-corrected chi connectivity index (χ2v) is 9.85. The minimum atomic E-state index is -0.455. The van der Waals surface area contributed by atoms with Crippen LogP contribution in [0.4, 0.5) is 0 Å². The van der Waals surface area contributed by atoms with Gasteiger partial charge in [-0.3, -0.25) is 4.79 Å². The summed E-state index contributed by atoms with van der Waals surface area (Å²) in [4.78, 5) is 12.7. The largest absolute Gasteiger partial charge is 0.457 e. The molecule has 2 aliphatic heterocycles. The van der Waals surface area contributed by atoms with Gasteiger partial charge in [-0.2, -0.15) is 0 Å².